The summed E-state index contributed by atoms with van der Waals surface area (Å²) in [5.41, 5.74) is 0. The fourth-order valence-electron chi connectivity index (χ4n) is 0. The van der Waals surface area contributed by atoms with Crippen LogP contribution in [-0.4, -0.2) is 45.9 Å². The largest absolute Gasteiger partial charge is 2.00 e. The molecule has 4 heavy (non-hydrogen) atoms. The van der Waals surface area contributed by atoms with Crippen LogP contribution in [0, 0.1) is 0 Å². The first-order valence-electron chi connectivity index (χ1n) is 0. The Bertz CT molecular complexity index is 8.00. The second kappa shape index (κ2) is 28.7. The Labute approximate surface area is 51.6 Å². The molecule has 0 bridgehead atoms. The molecule has 17 valence electrons. The topological polar surface area (TPSA) is 28.5 Å². The van der Waals surface area contributed by atoms with Crippen LogP contribution in [0.3, 0.4) is 0 Å². The van der Waals surface area contributed by atoms with Crippen molar-refractivity contribution in [1.82, 2.24) is 0 Å². The molecule has 0 aromatic rings. The molecule has 0 aliphatic heterocycles. The molecule has 0 spiro atoms. The van der Waals surface area contributed by atoms with Gasteiger partial charge in [0.15, 0.2) is 0 Å². The van der Waals surface area contributed by atoms with Gasteiger partial charge in [-0.3, -0.25) is 0 Å². The molecule has 0 aliphatic rings. The van der Waals surface area contributed by atoms with Crippen LogP contribution in [0.25, 0.3) is 0 Å². The van der Waals surface area contributed by atoms with Crippen molar-refractivity contribution in [3.63, 3.8) is 0 Å². The first kappa shape index (κ1) is 60.6. The minimum absolute atomic E-state index is 0. The summed E-state index contributed by atoms with van der Waals surface area (Å²) in [5.74, 6) is 0. The van der Waals surface area contributed by atoms with Crippen molar-refractivity contribution in [2.75, 3.05) is 0 Å². The summed E-state index contributed by atoms with van der Waals surface area (Å²) in [7, 11) is 0. The Morgan fingerprint density at radius 1 is 1.00 bits per heavy atom. The summed E-state index contributed by atoms with van der Waals surface area (Å²) in [4.78, 5) is 0. The van der Waals surface area contributed by atoms with E-state index in [4.69, 9.17) is 0 Å². The quantitative estimate of drug-likeness (QED) is 0.379. The summed E-state index contributed by atoms with van der Waals surface area (Å²) in [6.07, 6.45) is 0. The van der Waals surface area contributed by atoms with Crippen molar-refractivity contribution >= 4 is 45.9 Å². The monoisotopic (exact) mass is 145 g/mol. The number of rotatable bonds is 0. The molecule has 0 N–H and O–H groups in total. The summed E-state index contributed by atoms with van der Waals surface area (Å²) >= 11 is 0. The Morgan fingerprint density at radius 2 is 1.00 bits per heavy atom. The molecule has 4 heteroatoms. The van der Waals surface area contributed by atoms with Crippen LogP contribution in [-0.2, 0) is 5.48 Å². The third-order valence-corrected chi connectivity index (χ3v) is 0. The van der Waals surface area contributed by atoms with Crippen molar-refractivity contribution in [3.05, 3.63) is 0 Å². The molecular weight excluding hydrogens is 144 g/mol. The summed E-state index contributed by atoms with van der Waals surface area (Å²) in [6, 6.07) is 0. The third-order valence-electron chi connectivity index (χ3n) is 0. The van der Waals surface area contributed by atoms with Gasteiger partial charge in [0, 0.05) is 28.3 Å². The van der Waals surface area contributed by atoms with E-state index < -0.39 is 0 Å². The predicted octanol–water partition coefficient (Wildman–Crippen LogP) is -1.26. The molecular formula is AlGeOSi. The molecule has 0 unspecified atom stereocenters. The van der Waals surface area contributed by atoms with Crippen LogP contribution in [0.1, 0.15) is 0 Å². The van der Waals surface area contributed by atoms with Gasteiger partial charge in [0.25, 0.3) is 0 Å². The maximum absolute atomic E-state index is 0. The zero-order valence-corrected chi connectivity index (χ0v) is 6.24. The molecule has 0 fully saturated rings. The summed E-state index contributed by atoms with van der Waals surface area (Å²) in [5, 5.41) is 0. The predicted molar refractivity (Wildman–Crippen MR) is 17.9 cm³/mol. The van der Waals surface area contributed by atoms with Crippen molar-refractivity contribution < 1.29 is 5.48 Å². The van der Waals surface area contributed by atoms with Gasteiger partial charge >= 0.3 is 17.6 Å². The van der Waals surface area contributed by atoms with E-state index in [1.54, 1.807) is 0 Å². The van der Waals surface area contributed by atoms with Crippen LogP contribution in [0.4, 0.5) is 0 Å². The first-order chi connectivity index (χ1) is 0. The van der Waals surface area contributed by atoms with Gasteiger partial charge in [-0.25, -0.2) is 0 Å². The van der Waals surface area contributed by atoms with Gasteiger partial charge in [-0.1, -0.05) is 0 Å². The molecule has 0 saturated carbocycles. The van der Waals surface area contributed by atoms with E-state index in [2.05, 4.69) is 0 Å². The van der Waals surface area contributed by atoms with E-state index in [0.29, 0.717) is 0 Å². The van der Waals surface area contributed by atoms with E-state index in [0.717, 1.165) is 0 Å². The van der Waals surface area contributed by atoms with Crippen LogP contribution < -0.4 is 0 Å². The van der Waals surface area contributed by atoms with E-state index >= 15 is 0 Å². The SMILES string of the molecule is [Al].[Ge+2].[O-2].[Si]. The third kappa shape index (κ3) is 10.5. The summed E-state index contributed by atoms with van der Waals surface area (Å²) in [6.45, 7) is 0. The smallest absolute Gasteiger partial charge is 2.00 e. The normalized spacial score (nSPS) is 0. The Morgan fingerprint density at radius 3 is 1.00 bits per heavy atom. The zero-order valence-electron chi connectivity index (χ0n) is 1.99. The molecule has 0 saturated heterocycles. The standard InChI is InChI=1S/Al.Ge.O.Si/q;+2;-2;. The summed E-state index contributed by atoms with van der Waals surface area (Å²) < 4.78 is 0. The van der Waals surface area contributed by atoms with E-state index in [1.165, 1.54) is 0 Å². The van der Waals surface area contributed by atoms with Gasteiger partial charge in [0.05, 0.1) is 0 Å². The zero-order chi connectivity index (χ0) is 0. The fraction of sp³-hybridized carbons (Fsp3) is 0. The van der Waals surface area contributed by atoms with Crippen molar-refractivity contribution in [2.45, 2.75) is 0 Å². The van der Waals surface area contributed by atoms with Crippen molar-refractivity contribution in [3.8, 4) is 0 Å². The van der Waals surface area contributed by atoms with Gasteiger partial charge in [-0.15, -0.1) is 0 Å². The van der Waals surface area contributed by atoms with Crippen molar-refractivity contribution in [2.24, 2.45) is 0 Å². The maximum Gasteiger partial charge on any atom is 2.00 e. The minimum atomic E-state index is 0. The Hall–Kier alpha value is 1.25. The molecule has 1 nitrogen and oxygen atoms in total. The van der Waals surface area contributed by atoms with Gasteiger partial charge < -0.3 is 5.48 Å². The Kier molecular flexibility index (Phi) is 434. The van der Waals surface area contributed by atoms with E-state index in [-0.39, 0.29) is 51.4 Å². The minimum Gasteiger partial charge on any atom is -2.00 e. The maximum atomic E-state index is 0. The van der Waals surface area contributed by atoms with Gasteiger partial charge in [-0.2, -0.15) is 0 Å². The van der Waals surface area contributed by atoms with Crippen molar-refractivity contribution in [1.29, 1.82) is 0 Å². The average Bonchev–Trinajstić information content (AvgIpc) is 0. The molecule has 9 radical (unpaired) electrons. The van der Waals surface area contributed by atoms with Crippen LogP contribution in [0.15, 0.2) is 0 Å². The molecule has 0 heterocycles. The molecule has 0 rings (SSSR count). The first-order valence-corrected chi connectivity index (χ1v) is 0. The van der Waals surface area contributed by atoms with Gasteiger partial charge in [-0.05, 0) is 0 Å². The van der Waals surface area contributed by atoms with Crippen LogP contribution >= 0.6 is 0 Å². The molecule has 0 atom stereocenters. The fourth-order valence-corrected chi connectivity index (χ4v) is 0. The van der Waals surface area contributed by atoms with Gasteiger partial charge in [0.2, 0.25) is 0 Å². The van der Waals surface area contributed by atoms with Crippen LogP contribution in [0.5, 0.6) is 0 Å². The van der Waals surface area contributed by atoms with E-state index in [9.17, 15) is 0 Å². The molecule has 0 aromatic heterocycles. The molecule has 0 aliphatic carbocycles. The molecule has 0 aromatic carbocycles. The van der Waals surface area contributed by atoms with Crippen LogP contribution in [0.2, 0.25) is 0 Å². The second-order valence-electron chi connectivity index (χ2n) is 0. The number of hydrogen-bond donors (Lipinski definition) is 0. The second-order valence-corrected chi connectivity index (χ2v) is 0. The number of hydrogen-bond acceptors (Lipinski definition) is 0. The Balaban J connectivity index is 0. The van der Waals surface area contributed by atoms with E-state index in [1.807, 2.05) is 0 Å². The molecule has 0 amide bonds. The average molecular weight is 144 g/mol. The van der Waals surface area contributed by atoms with Gasteiger partial charge in [0.1, 0.15) is 0 Å².